The van der Waals surface area contributed by atoms with Gasteiger partial charge in [0.25, 0.3) is 0 Å². The van der Waals surface area contributed by atoms with Crippen molar-refractivity contribution in [1.29, 1.82) is 0 Å². The zero-order chi connectivity index (χ0) is 17.8. The predicted octanol–water partition coefficient (Wildman–Crippen LogP) is 4.74. The van der Waals surface area contributed by atoms with Gasteiger partial charge in [-0.3, -0.25) is 5.43 Å². The summed E-state index contributed by atoms with van der Waals surface area (Å²) < 4.78 is 5.18. The number of nitrogens with zero attached hydrogens (tertiary/aromatic N) is 3. The molecule has 0 aliphatic carbocycles. The van der Waals surface area contributed by atoms with Crippen LogP contribution in [0, 0.1) is 13.8 Å². The van der Waals surface area contributed by atoms with E-state index in [4.69, 9.17) is 4.74 Å². The minimum absolute atomic E-state index is 0.774. The van der Waals surface area contributed by atoms with E-state index < -0.39 is 0 Å². The molecule has 0 radical (unpaired) electrons. The highest BCUT2D eigenvalue weighted by atomic mass is 32.1. The van der Waals surface area contributed by atoms with Crippen molar-refractivity contribution in [3.8, 4) is 5.75 Å². The molecule has 1 aromatic carbocycles. The molecule has 0 bridgehead atoms. The molecule has 130 valence electrons. The maximum absolute atomic E-state index is 5.18. The standard InChI is InChI=1S/C19H22N4OS/c1-12(5-6-15-7-9-16(24-4)10-8-15)22-23-18-17-13(2)14(3)25-19(17)21-11-20-18/h7-11H,5-6H2,1-4H3,(H,20,21,23)/b22-12-. The van der Waals surface area contributed by atoms with Crippen LogP contribution in [0.5, 0.6) is 5.75 Å². The molecular formula is C19H22N4OS. The highest BCUT2D eigenvalue weighted by molar-refractivity contribution is 7.18. The highest BCUT2D eigenvalue weighted by Crippen LogP contribution is 2.32. The minimum atomic E-state index is 0.774. The summed E-state index contributed by atoms with van der Waals surface area (Å²) in [5, 5.41) is 5.57. The van der Waals surface area contributed by atoms with E-state index in [9.17, 15) is 0 Å². The van der Waals surface area contributed by atoms with Crippen LogP contribution in [0.1, 0.15) is 29.3 Å². The Hall–Kier alpha value is -2.47. The minimum Gasteiger partial charge on any atom is -0.497 e. The quantitative estimate of drug-likeness (QED) is 0.513. The molecule has 0 saturated carbocycles. The molecule has 0 atom stereocenters. The fourth-order valence-corrected chi connectivity index (χ4v) is 3.59. The summed E-state index contributed by atoms with van der Waals surface area (Å²) >= 11 is 1.69. The van der Waals surface area contributed by atoms with Gasteiger partial charge in [0.1, 0.15) is 16.9 Å². The van der Waals surface area contributed by atoms with Crippen LogP contribution in [0.3, 0.4) is 0 Å². The number of ether oxygens (including phenoxy) is 1. The van der Waals surface area contributed by atoms with Gasteiger partial charge in [-0.2, -0.15) is 5.10 Å². The Morgan fingerprint density at radius 1 is 1.20 bits per heavy atom. The lowest BCUT2D eigenvalue weighted by atomic mass is 10.1. The molecule has 6 heteroatoms. The number of anilines is 1. The first-order chi connectivity index (χ1) is 12.1. The third-order valence-electron chi connectivity index (χ3n) is 4.25. The smallest absolute Gasteiger partial charge is 0.158 e. The average molecular weight is 354 g/mol. The Bertz CT molecular complexity index is 900. The fourth-order valence-electron chi connectivity index (χ4n) is 2.59. The second-order valence-corrected chi connectivity index (χ2v) is 7.20. The van der Waals surface area contributed by atoms with E-state index >= 15 is 0 Å². The second kappa shape index (κ2) is 7.61. The Kier molecular flexibility index (Phi) is 5.28. The average Bonchev–Trinajstić information content (AvgIpc) is 2.93. The van der Waals surface area contributed by atoms with Crippen molar-refractivity contribution in [2.75, 3.05) is 12.5 Å². The number of thiophene rings is 1. The third kappa shape index (κ3) is 3.96. The molecule has 0 unspecified atom stereocenters. The number of methoxy groups -OCH3 is 1. The summed E-state index contributed by atoms with van der Waals surface area (Å²) in [6.07, 6.45) is 3.41. The van der Waals surface area contributed by atoms with Crippen LogP contribution < -0.4 is 10.2 Å². The molecule has 0 amide bonds. The van der Waals surface area contributed by atoms with Gasteiger partial charge in [-0.1, -0.05) is 12.1 Å². The van der Waals surface area contributed by atoms with Gasteiger partial charge in [0.05, 0.1) is 12.5 Å². The van der Waals surface area contributed by atoms with Crippen LogP contribution in [-0.4, -0.2) is 22.8 Å². The van der Waals surface area contributed by atoms with Gasteiger partial charge in [0.2, 0.25) is 0 Å². The summed E-state index contributed by atoms with van der Waals surface area (Å²) in [7, 11) is 1.68. The van der Waals surface area contributed by atoms with Crippen LogP contribution >= 0.6 is 11.3 Å². The number of rotatable bonds is 6. The number of hydrazone groups is 1. The van der Waals surface area contributed by atoms with Gasteiger partial charge < -0.3 is 4.74 Å². The van der Waals surface area contributed by atoms with E-state index in [0.717, 1.165) is 40.3 Å². The molecular weight excluding hydrogens is 332 g/mol. The van der Waals surface area contributed by atoms with Gasteiger partial charge in [0, 0.05) is 10.6 Å². The van der Waals surface area contributed by atoms with Gasteiger partial charge in [-0.25, -0.2) is 9.97 Å². The normalized spacial score (nSPS) is 11.8. The molecule has 3 rings (SSSR count). The summed E-state index contributed by atoms with van der Waals surface area (Å²) in [6, 6.07) is 8.15. The number of hydrogen-bond acceptors (Lipinski definition) is 6. The number of aromatic nitrogens is 2. The summed E-state index contributed by atoms with van der Waals surface area (Å²) in [5.41, 5.74) is 6.64. The molecule has 0 aliphatic heterocycles. The topological polar surface area (TPSA) is 59.4 Å². The lowest BCUT2D eigenvalue weighted by Gasteiger charge is -2.06. The van der Waals surface area contributed by atoms with Crippen molar-refractivity contribution in [1.82, 2.24) is 9.97 Å². The largest absolute Gasteiger partial charge is 0.497 e. The van der Waals surface area contributed by atoms with E-state index in [2.05, 4.69) is 46.5 Å². The van der Waals surface area contributed by atoms with Crippen molar-refractivity contribution in [2.24, 2.45) is 5.10 Å². The van der Waals surface area contributed by atoms with Crippen LogP contribution in [0.25, 0.3) is 10.2 Å². The Labute approximate surface area is 151 Å². The number of benzene rings is 1. The van der Waals surface area contributed by atoms with Crippen molar-refractivity contribution in [2.45, 2.75) is 33.6 Å². The summed E-state index contributed by atoms with van der Waals surface area (Å²) in [6.45, 7) is 6.23. The Morgan fingerprint density at radius 2 is 1.96 bits per heavy atom. The zero-order valence-electron chi connectivity index (χ0n) is 15.0. The molecule has 0 aliphatic rings. The first-order valence-electron chi connectivity index (χ1n) is 8.21. The van der Waals surface area contributed by atoms with E-state index in [1.165, 1.54) is 16.0 Å². The van der Waals surface area contributed by atoms with Crippen molar-refractivity contribution in [3.63, 3.8) is 0 Å². The maximum atomic E-state index is 5.18. The SMILES string of the molecule is COc1ccc(CC/C(C)=N\Nc2ncnc3sc(C)c(C)c23)cc1. The predicted molar refractivity (Wildman–Crippen MR) is 105 cm³/mol. The van der Waals surface area contributed by atoms with Gasteiger partial charge in [-0.15, -0.1) is 11.3 Å². The monoisotopic (exact) mass is 354 g/mol. The van der Waals surface area contributed by atoms with E-state index in [1.807, 2.05) is 19.1 Å². The maximum Gasteiger partial charge on any atom is 0.158 e. The molecule has 2 heterocycles. The van der Waals surface area contributed by atoms with Crippen molar-refractivity contribution in [3.05, 3.63) is 46.6 Å². The fraction of sp³-hybridized carbons (Fsp3) is 0.316. The molecule has 0 saturated heterocycles. The van der Waals surface area contributed by atoms with Crippen LogP contribution in [-0.2, 0) is 6.42 Å². The number of hydrogen-bond donors (Lipinski definition) is 1. The number of aryl methyl sites for hydroxylation is 3. The first kappa shape index (κ1) is 17.4. The summed E-state index contributed by atoms with van der Waals surface area (Å²) in [4.78, 5) is 11.0. The van der Waals surface area contributed by atoms with Gasteiger partial charge in [-0.05, 0) is 56.9 Å². The lowest BCUT2D eigenvalue weighted by Crippen LogP contribution is -2.01. The zero-order valence-corrected chi connectivity index (χ0v) is 15.8. The molecule has 1 N–H and O–H groups in total. The highest BCUT2D eigenvalue weighted by Gasteiger charge is 2.11. The van der Waals surface area contributed by atoms with Crippen LogP contribution in [0.4, 0.5) is 5.82 Å². The second-order valence-electron chi connectivity index (χ2n) is 5.99. The molecule has 0 spiro atoms. The number of fused-ring (bicyclic) bond motifs is 1. The number of nitrogens with one attached hydrogen (secondary N) is 1. The van der Waals surface area contributed by atoms with Gasteiger partial charge >= 0.3 is 0 Å². The molecule has 25 heavy (non-hydrogen) atoms. The molecule has 2 aromatic heterocycles. The van der Waals surface area contributed by atoms with Crippen molar-refractivity contribution >= 4 is 33.1 Å². The third-order valence-corrected chi connectivity index (χ3v) is 5.37. The van der Waals surface area contributed by atoms with Crippen LogP contribution in [0.15, 0.2) is 35.7 Å². The van der Waals surface area contributed by atoms with E-state index in [0.29, 0.717) is 0 Å². The van der Waals surface area contributed by atoms with E-state index in [-0.39, 0.29) is 0 Å². The Balaban J connectivity index is 1.67. The van der Waals surface area contributed by atoms with Gasteiger partial charge in [0.15, 0.2) is 5.82 Å². The Morgan fingerprint density at radius 3 is 2.68 bits per heavy atom. The van der Waals surface area contributed by atoms with Crippen molar-refractivity contribution < 1.29 is 4.74 Å². The van der Waals surface area contributed by atoms with Crippen LogP contribution in [0.2, 0.25) is 0 Å². The molecule has 3 aromatic rings. The summed E-state index contributed by atoms with van der Waals surface area (Å²) in [5.74, 6) is 1.65. The lowest BCUT2D eigenvalue weighted by molar-refractivity contribution is 0.414. The molecule has 0 fully saturated rings. The molecule has 5 nitrogen and oxygen atoms in total. The first-order valence-corrected chi connectivity index (χ1v) is 9.03. The van der Waals surface area contributed by atoms with E-state index in [1.54, 1.807) is 24.8 Å².